The van der Waals surface area contributed by atoms with Crippen LogP contribution in [0.3, 0.4) is 0 Å². The van der Waals surface area contributed by atoms with Gasteiger partial charge >= 0.3 is 6.16 Å². The van der Waals surface area contributed by atoms with Crippen LogP contribution in [0, 0.1) is 5.82 Å². The van der Waals surface area contributed by atoms with Crippen molar-refractivity contribution >= 4 is 16.2 Å². The summed E-state index contributed by atoms with van der Waals surface area (Å²) < 4.78 is 65.2. The molecule has 0 fully saturated rings. The summed E-state index contributed by atoms with van der Waals surface area (Å²) in [5, 5.41) is 0. The van der Waals surface area contributed by atoms with Crippen molar-refractivity contribution in [3.05, 3.63) is 102 Å². The summed E-state index contributed by atoms with van der Waals surface area (Å²) in [7, 11) is -2.94. The van der Waals surface area contributed by atoms with Gasteiger partial charge in [0.15, 0.2) is 6.23 Å². The molecule has 0 bridgehead atoms. The average molecular weight is 568 g/mol. The molecule has 0 amide bonds. The molecular weight excluding hydrogens is 541 g/mol. The van der Waals surface area contributed by atoms with Gasteiger partial charge in [-0.25, -0.2) is 22.6 Å². The van der Waals surface area contributed by atoms with Crippen molar-refractivity contribution in [2.45, 2.75) is 24.1 Å². The Bertz CT molecular complexity index is 1560. The van der Waals surface area contributed by atoms with Gasteiger partial charge < -0.3 is 23.5 Å². The van der Waals surface area contributed by atoms with E-state index in [4.69, 9.17) is 14.2 Å². The molecule has 0 N–H and O–H groups in total. The van der Waals surface area contributed by atoms with E-state index in [0.717, 1.165) is 17.0 Å². The predicted octanol–water partition coefficient (Wildman–Crippen LogP) is 4.92. The molecule has 1 aliphatic rings. The number of rotatable bonds is 9. The fraction of sp³-hybridized carbons (Fsp3) is 0.214. The van der Waals surface area contributed by atoms with Crippen molar-refractivity contribution in [2.75, 3.05) is 20.3 Å². The molecule has 5 rings (SSSR count). The zero-order chi connectivity index (χ0) is 28.1. The van der Waals surface area contributed by atoms with E-state index in [-0.39, 0.29) is 11.4 Å². The quantitative estimate of drug-likeness (QED) is 0.262. The van der Waals surface area contributed by atoms with E-state index in [1.807, 2.05) is 16.8 Å². The van der Waals surface area contributed by atoms with Crippen LogP contribution in [0.15, 0.2) is 90.3 Å². The third-order valence-corrected chi connectivity index (χ3v) is 8.13. The van der Waals surface area contributed by atoms with Crippen LogP contribution in [-0.2, 0) is 32.5 Å². The molecule has 1 unspecified atom stereocenters. The lowest BCUT2D eigenvalue weighted by Crippen LogP contribution is -2.42. The lowest BCUT2D eigenvalue weighted by atomic mass is 9.99. The van der Waals surface area contributed by atoms with Gasteiger partial charge in [0.25, 0.3) is 0 Å². The number of fused-ring (bicyclic) bond motifs is 1. The summed E-state index contributed by atoms with van der Waals surface area (Å²) in [6, 6.07) is 16.5. The number of sulfonamides is 1. The molecule has 10 nitrogen and oxygen atoms in total. The predicted molar refractivity (Wildman–Crippen MR) is 141 cm³/mol. The fourth-order valence-corrected chi connectivity index (χ4v) is 5.77. The van der Waals surface area contributed by atoms with Crippen molar-refractivity contribution in [3.8, 4) is 17.2 Å². The molecule has 208 valence electrons. The van der Waals surface area contributed by atoms with Crippen LogP contribution in [0.2, 0.25) is 0 Å². The van der Waals surface area contributed by atoms with Crippen molar-refractivity contribution in [2.24, 2.45) is 0 Å². The second-order valence-electron chi connectivity index (χ2n) is 8.83. The molecule has 0 saturated heterocycles. The van der Waals surface area contributed by atoms with Gasteiger partial charge in [-0.2, -0.15) is 4.31 Å². The van der Waals surface area contributed by atoms with Crippen molar-refractivity contribution in [1.29, 1.82) is 0 Å². The molecule has 12 heteroatoms. The van der Waals surface area contributed by atoms with Gasteiger partial charge in [0.05, 0.1) is 24.9 Å². The van der Waals surface area contributed by atoms with Crippen LogP contribution in [0.1, 0.15) is 17.4 Å². The first kappa shape index (κ1) is 27.2. The normalized spacial score (nSPS) is 15.2. The van der Waals surface area contributed by atoms with Crippen molar-refractivity contribution in [3.63, 3.8) is 0 Å². The average Bonchev–Trinajstić information content (AvgIpc) is 3.48. The second kappa shape index (κ2) is 11.8. The highest BCUT2D eigenvalue weighted by atomic mass is 32.2. The maximum Gasteiger partial charge on any atom is 0.509 e. The maximum atomic E-state index is 13.7. The molecule has 40 heavy (non-hydrogen) atoms. The van der Waals surface area contributed by atoms with E-state index < -0.39 is 28.2 Å². The summed E-state index contributed by atoms with van der Waals surface area (Å²) in [5.41, 5.74) is 1.31. The number of hydrogen-bond acceptors (Lipinski definition) is 8. The highest BCUT2D eigenvalue weighted by Gasteiger charge is 2.39. The molecule has 4 aromatic rings. The molecule has 1 aromatic heterocycles. The Hall–Kier alpha value is -4.42. The first-order valence-corrected chi connectivity index (χ1v) is 13.8. The van der Waals surface area contributed by atoms with Gasteiger partial charge in [-0.3, -0.25) is 0 Å². The Morgan fingerprint density at radius 1 is 1.02 bits per heavy atom. The van der Waals surface area contributed by atoms with Crippen LogP contribution in [0.25, 0.3) is 0 Å². The van der Waals surface area contributed by atoms with Crippen LogP contribution in [-0.4, -0.2) is 48.7 Å². The smallest absolute Gasteiger partial charge is 0.492 e. The lowest BCUT2D eigenvalue weighted by Gasteiger charge is -2.35. The number of aromatic nitrogens is 2. The van der Waals surface area contributed by atoms with E-state index in [1.165, 1.54) is 48.5 Å². The summed E-state index contributed by atoms with van der Waals surface area (Å²) >= 11 is 0. The third kappa shape index (κ3) is 6.08. The minimum Gasteiger partial charge on any atom is -0.492 e. The van der Waals surface area contributed by atoms with E-state index in [0.29, 0.717) is 42.4 Å². The van der Waals surface area contributed by atoms with Gasteiger partial charge in [-0.15, -0.1) is 0 Å². The van der Waals surface area contributed by atoms with E-state index >= 15 is 0 Å². The summed E-state index contributed by atoms with van der Waals surface area (Å²) in [6.45, 7) is 1.09. The SMILES string of the molecule is COC(=O)OC1c2ccc(OCCn3ccnc3)cc2CCN1S(=O)(=O)c1ccc(Oc2ccc(F)cc2)cc1. The standard InChI is InChI=1S/C28H26FN3O7S/c1-36-28(33)39-27-26-11-8-24(37-17-16-31-15-13-30-19-31)18-20(26)12-14-32(27)40(34,35)25-9-6-23(7-10-25)38-22-4-2-21(29)3-5-22/h2-11,13,15,18-19,27H,12,14,16-17H2,1H3. The highest BCUT2D eigenvalue weighted by molar-refractivity contribution is 7.89. The van der Waals surface area contributed by atoms with Crippen LogP contribution < -0.4 is 9.47 Å². The molecule has 0 saturated carbocycles. The van der Waals surface area contributed by atoms with Gasteiger partial charge in [-0.1, -0.05) is 0 Å². The fourth-order valence-electron chi connectivity index (χ4n) is 4.28. The zero-order valence-corrected chi connectivity index (χ0v) is 22.3. The zero-order valence-electron chi connectivity index (χ0n) is 21.5. The van der Waals surface area contributed by atoms with Crippen LogP contribution in [0.4, 0.5) is 9.18 Å². The van der Waals surface area contributed by atoms with Crippen LogP contribution >= 0.6 is 0 Å². The summed E-state index contributed by atoms with van der Waals surface area (Å²) in [5.74, 6) is 0.998. The van der Waals surface area contributed by atoms with Gasteiger partial charge in [0, 0.05) is 24.5 Å². The van der Waals surface area contributed by atoms with E-state index in [1.54, 1.807) is 24.7 Å². The molecule has 2 heterocycles. The number of hydrogen-bond donors (Lipinski definition) is 0. The minimum absolute atomic E-state index is 0.0136. The first-order valence-electron chi connectivity index (χ1n) is 12.3. The maximum absolute atomic E-state index is 13.7. The topological polar surface area (TPSA) is 109 Å². The summed E-state index contributed by atoms with van der Waals surface area (Å²) in [4.78, 5) is 16.1. The third-order valence-electron chi connectivity index (χ3n) is 6.28. The Labute approximate surface area is 230 Å². The Morgan fingerprint density at radius 3 is 2.40 bits per heavy atom. The number of imidazole rings is 1. The first-order chi connectivity index (χ1) is 19.3. The Morgan fingerprint density at radius 2 is 1.73 bits per heavy atom. The molecule has 0 aliphatic carbocycles. The number of ether oxygens (including phenoxy) is 4. The largest absolute Gasteiger partial charge is 0.509 e. The number of carbonyl (C=O) groups excluding carboxylic acids is 1. The number of carbonyl (C=O) groups is 1. The summed E-state index contributed by atoms with van der Waals surface area (Å²) in [6.07, 6.45) is 3.35. The Balaban J connectivity index is 1.35. The number of nitrogens with zero attached hydrogens (tertiary/aromatic N) is 3. The number of halogens is 1. The molecule has 0 radical (unpaired) electrons. The highest BCUT2D eigenvalue weighted by Crippen LogP contribution is 2.37. The number of benzene rings is 3. The van der Waals surface area contributed by atoms with Gasteiger partial charge in [0.1, 0.15) is 29.7 Å². The minimum atomic E-state index is -4.10. The molecule has 1 atom stereocenters. The molecular formula is C28H26FN3O7S. The monoisotopic (exact) mass is 567 g/mol. The number of methoxy groups -OCH3 is 1. The van der Waals surface area contributed by atoms with E-state index in [2.05, 4.69) is 9.72 Å². The van der Waals surface area contributed by atoms with Crippen molar-refractivity contribution in [1.82, 2.24) is 13.9 Å². The van der Waals surface area contributed by atoms with Crippen molar-refractivity contribution < 1.29 is 36.6 Å². The Kier molecular flexibility index (Phi) is 7.99. The second-order valence-corrected chi connectivity index (χ2v) is 10.7. The molecule has 3 aromatic carbocycles. The van der Waals surface area contributed by atoms with Gasteiger partial charge in [-0.05, 0) is 78.7 Å². The molecule has 0 spiro atoms. The van der Waals surface area contributed by atoms with E-state index in [9.17, 15) is 17.6 Å². The molecule has 1 aliphatic heterocycles. The van der Waals surface area contributed by atoms with Crippen LogP contribution in [0.5, 0.6) is 17.2 Å². The van der Waals surface area contributed by atoms with Gasteiger partial charge in [0.2, 0.25) is 10.0 Å². The lowest BCUT2D eigenvalue weighted by molar-refractivity contribution is -0.0149.